The lowest BCUT2D eigenvalue weighted by Crippen LogP contribution is -2.37. The fraction of sp³-hybridized carbons (Fsp3) is 0.524. The first kappa shape index (κ1) is 24.5. The monoisotopic (exact) mass is 427 g/mol. The molecule has 0 atom stereocenters. The summed E-state index contributed by atoms with van der Waals surface area (Å²) in [4.78, 5) is 16.7. The molecule has 2 aromatic rings. The zero-order chi connectivity index (χ0) is 18.2. The molecule has 1 aliphatic carbocycles. The molecule has 2 N–H and O–H groups in total. The summed E-state index contributed by atoms with van der Waals surface area (Å²) in [7, 11) is 0. The molecule has 0 aliphatic heterocycles. The summed E-state index contributed by atoms with van der Waals surface area (Å²) in [6.07, 6.45) is 8.13. The van der Waals surface area contributed by atoms with E-state index in [-0.39, 0.29) is 37.1 Å². The van der Waals surface area contributed by atoms with Crippen LogP contribution in [0, 0.1) is 6.92 Å². The molecule has 0 bridgehead atoms. The van der Waals surface area contributed by atoms with E-state index in [1.807, 2.05) is 37.3 Å². The van der Waals surface area contributed by atoms with Crippen molar-refractivity contribution in [2.45, 2.75) is 57.9 Å². The molecular formula is C21H31Cl2N3O2. The Bertz CT molecular complexity index is 699. The SMILES string of the molecule is Cc1oc(-c2ccccc2)nc1CC(=O)NCCNC1CCCCCC1.Cl.Cl. The van der Waals surface area contributed by atoms with E-state index in [1.165, 1.54) is 38.5 Å². The summed E-state index contributed by atoms with van der Waals surface area (Å²) in [6, 6.07) is 10.4. The minimum atomic E-state index is -0.0105. The van der Waals surface area contributed by atoms with Crippen molar-refractivity contribution in [2.24, 2.45) is 0 Å². The third-order valence-electron chi connectivity index (χ3n) is 4.98. The highest BCUT2D eigenvalue weighted by Gasteiger charge is 2.15. The molecule has 7 heteroatoms. The van der Waals surface area contributed by atoms with E-state index < -0.39 is 0 Å². The molecule has 1 heterocycles. The van der Waals surface area contributed by atoms with E-state index in [2.05, 4.69) is 15.6 Å². The average Bonchev–Trinajstić information content (AvgIpc) is 2.85. The maximum atomic E-state index is 12.2. The lowest BCUT2D eigenvalue weighted by atomic mass is 10.1. The number of carbonyl (C=O) groups is 1. The van der Waals surface area contributed by atoms with Crippen LogP contribution in [0.15, 0.2) is 34.7 Å². The van der Waals surface area contributed by atoms with Gasteiger partial charge in [-0.3, -0.25) is 4.79 Å². The Morgan fingerprint density at radius 2 is 1.75 bits per heavy atom. The maximum Gasteiger partial charge on any atom is 0.226 e. The average molecular weight is 428 g/mol. The van der Waals surface area contributed by atoms with Crippen molar-refractivity contribution >= 4 is 30.7 Å². The molecule has 5 nitrogen and oxygen atoms in total. The number of rotatable bonds is 7. The number of benzene rings is 1. The van der Waals surface area contributed by atoms with Gasteiger partial charge in [-0.2, -0.15) is 0 Å². The fourth-order valence-corrected chi connectivity index (χ4v) is 3.47. The van der Waals surface area contributed by atoms with Gasteiger partial charge in [0.25, 0.3) is 0 Å². The molecule has 1 aromatic heterocycles. The van der Waals surface area contributed by atoms with Crippen molar-refractivity contribution in [1.29, 1.82) is 0 Å². The van der Waals surface area contributed by atoms with Crippen LogP contribution in [-0.2, 0) is 11.2 Å². The Kier molecular flexibility index (Phi) is 11.2. The number of oxazole rings is 1. The Hall–Kier alpha value is -1.56. The van der Waals surface area contributed by atoms with Crippen LogP contribution in [0.4, 0.5) is 0 Å². The van der Waals surface area contributed by atoms with E-state index in [1.54, 1.807) is 0 Å². The third-order valence-corrected chi connectivity index (χ3v) is 4.98. The van der Waals surface area contributed by atoms with Crippen LogP contribution >= 0.6 is 24.8 Å². The van der Waals surface area contributed by atoms with Crippen molar-refractivity contribution < 1.29 is 9.21 Å². The van der Waals surface area contributed by atoms with Gasteiger partial charge in [-0.1, -0.05) is 43.9 Å². The zero-order valence-corrected chi connectivity index (χ0v) is 18.0. The van der Waals surface area contributed by atoms with Gasteiger partial charge in [0.1, 0.15) is 5.76 Å². The summed E-state index contributed by atoms with van der Waals surface area (Å²) in [5.41, 5.74) is 1.63. The lowest BCUT2D eigenvalue weighted by Gasteiger charge is -2.16. The van der Waals surface area contributed by atoms with E-state index in [0.717, 1.165) is 12.1 Å². The van der Waals surface area contributed by atoms with Crippen LogP contribution < -0.4 is 10.6 Å². The van der Waals surface area contributed by atoms with Crippen LogP contribution in [0.2, 0.25) is 0 Å². The molecule has 3 rings (SSSR count). The second-order valence-corrected chi connectivity index (χ2v) is 7.06. The maximum absolute atomic E-state index is 12.2. The molecule has 0 spiro atoms. The summed E-state index contributed by atoms with van der Waals surface area (Å²) >= 11 is 0. The van der Waals surface area contributed by atoms with Crippen molar-refractivity contribution in [2.75, 3.05) is 13.1 Å². The minimum Gasteiger partial charge on any atom is -0.441 e. The molecule has 0 unspecified atom stereocenters. The summed E-state index contributed by atoms with van der Waals surface area (Å²) in [5, 5.41) is 6.55. The van der Waals surface area contributed by atoms with Gasteiger partial charge in [-0.05, 0) is 31.9 Å². The highest BCUT2D eigenvalue weighted by molar-refractivity contribution is 5.85. The van der Waals surface area contributed by atoms with Crippen LogP contribution in [0.25, 0.3) is 11.5 Å². The predicted molar refractivity (Wildman–Crippen MR) is 117 cm³/mol. The molecule has 156 valence electrons. The van der Waals surface area contributed by atoms with Gasteiger partial charge in [-0.15, -0.1) is 24.8 Å². The van der Waals surface area contributed by atoms with Gasteiger partial charge in [0.2, 0.25) is 11.8 Å². The standard InChI is InChI=1S/C21H29N3O2.2ClH/c1-16-19(24-21(26-16)17-9-5-4-6-10-17)15-20(25)23-14-13-22-18-11-7-2-3-8-12-18;;/h4-6,9-10,18,22H,2-3,7-8,11-15H2,1H3,(H,23,25);2*1H. The molecule has 0 radical (unpaired) electrons. The Morgan fingerprint density at radius 3 is 2.43 bits per heavy atom. The van der Waals surface area contributed by atoms with E-state index in [0.29, 0.717) is 29.9 Å². The predicted octanol–water partition coefficient (Wildman–Crippen LogP) is 4.46. The van der Waals surface area contributed by atoms with Gasteiger partial charge in [0, 0.05) is 24.7 Å². The van der Waals surface area contributed by atoms with Crippen LogP contribution in [0.3, 0.4) is 0 Å². The number of nitrogens with one attached hydrogen (secondary N) is 2. The quantitative estimate of drug-likeness (QED) is 0.505. The number of hydrogen-bond donors (Lipinski definition) is 2. The number of carbonyl (C=O) groups excluding carboxylic acids is 1. The van der Waals surface area contributed by atoms with Crippen molar-refractivity contribution in [3.63, 3.8) is 0 Å². The Morgan fingerprint density at radius 1 is 1.07 bits per heavy atom. The van der Waals surface area contributed by atoms with E-state index in [9.17, 15) is 4.79 Å². The van der Waals surface area contributed by atoms with E-state index >= 15 is 0 Å². The minimum absolute atomic E-state index is 0. The number of nitrogens with zero attached hydrogens (tertiary/aromatic N) is 1. The third kappa shape index (κ3) is 7.46. The summed E-state index contributed by atoms with van der Waals surface area (Å²) < 4.78 is 5.71. The molecule has 1 amide bonds. The van der Waals surface area contributed by atoms with Gasteiger partial charge in [0.05, 0.1) is 12.1 Å². The van der Waals surface area contributed by atoms with Crippen molar-refractivity contribution in [3.05, 3.63) is 41.8 Å². The number of halogens is 2. The molecule has 0 saturated heterocycles. The number of aromatic nitrogens is 1. The zero-order valence-electron chi connectivity index (χ0n) is 16.4. The normalized spacial score (nSPS) is 14.5. The first-order valence-electron chi connectivity index (χ1n) is 9.74. The largest absolute Gasteiger partial charge is 0.441 e. The smallest absolute Gasteiger partial charge is 0.226 e. The highest BCUT2D eigenvalue weighted by Crippen LogP contribution is 2.21. The van der Waals surface area contributed by atoms with Gasteiger partial charge < -0.3 is 15.1 Å². The first-order chi connectivity index (χ1) is 12.7. The molecule has 1 saturated carbocycles. The van der Waals surface area contributed by atoms with Crippen LogP contribution in [0.5, 0.6) is 0 Å². The van der Waals surface area contributed by atoms with Gasteiger partial charge in [-0.25, -0.2) is 4.98 Å². The van der Waals surface area contributed by atoms with E-state index in [4.69, 9.17) is 4.42 Å². The van der Waals surface area contributed by atoms with Crippen LogP contribution in [-0.4, -0.2) is 30.0 Å². The van der Waals surface area contributed by atoms with Crippen LogP contribution in [0.1, 0.15) is 50.0 Å². The molecule has 1 aliphatic rings. The first-order valence-corrected chi connectivity index (χ1v) is 9.74. The number of aryl methyl sites for hydroxylation is 1. The number of amides is 1. The van der Waals surface area contributed by atoms with Gasteiger partial charge in [0.15, 0.2) is 0 Å². The fourth-order valence-electron chi connectivity index (χ4n) is 3.47. The van der Waals surface area contributed by atoms with Crippen molar-refractivity contribution in [1.82, 2.24) is 15.6 Å². The summed E-state index contributed by atoms with van der Waals surface area (Å²) in [5.74, 6) is 1.26. The molecule has 1 fully saturated rings. The molecule has 28 heavy (non-hydrogen) atoms. The Balaban J connectivity index is 0.00000196. The molecule has 1 aromatic carbocycles. The number of hydrogen-bond acceptors (Lipinski definition) is 4. The van der Waals surface area contributed by atoms with Gasteiger partial charge >= 0.3 is 0 Å². The second kappa shape index (κ2) is 12.8. The van der Waals surface area contributed by atoms with Crippen molar-refractivity contribution in [3.8, 4) is 11.5 Å². The lowest BCUT2D eigenvalue weighted by molar-refractivity contribution is -0.120. The second-order valence-electron chi connectivity index (χ2n) is 7.06. The highest BCUT2D eigenvalue weighted by atomic mass is 35.5. The Labute approximate surface area is 179 Å². The molecular weight excluding hydrogens is 397 g/mol. The topological polar surface area (TPSA) is 67.2 Å². The summed E-state index contributed by atoms with van der Waals surface area (Å²) in [6.45, 7) is 3.33.